The molecule has 0 bridgehead atoms. The van der Waals surface area contributed by atoms with E-state index in [4.69, 9.17) is 14.6 Å². The summed E-state index contributed by atoms with van der Waals surface area (Å²) in [5.74, 6) is -0.351. The van der Waals surface area contributed by atoms with E-state index < -0.39 is 11.9 Å². The van der Waals surface area contributed by atoms with E-state index in [0.29, 0.717) is 26.4 Å². The number of aryl methyl sites for hydroxylation is 2. The molecule has 1 aromatic carbocycles. The highest BCUT2D eigenvalue weighted by molar-refractivity contribution is 5.71. The average molecular weight is 293 g/mol. The SMILES string of the molecule is Cc1ccc(C)c(OCCN(C)C2COCC2C(=O)O)c1. The van der Waals surface area contributed by atoms with Gasteiger partial charge in [-0.3, -0.25) is 9.69 Å². The van der Waals surface area contributed by atoms with Crippen LogP contribution in [0.2, 0.25) is 0 Å². The predicted octanol–water partition coefficient (Wildman–Crippen LogP) is 1.71. The van der Waals surface area contributed by atoms with Gasteiger partial charge in [0.25, 0.3) is 0 Å². The van der Waals surface area contributed by atoms with Crippen molar-refractivity contribution in [1.29, 1.82) is 0 Å². The lowest BCUT2D eigenvalue weighted by Gasteiger charge is -2.26. The summed E-state index contributed by atoms with van der Waals surface area (Å²) in [6, 6.07) is 6.04. The van der Waals surface area contributed by atoms with Crippen molar-refractivity contribution in [2.75, 3.05) is 33.4 Å². The van der Waals surface area contributed by atoms with Gasteiger partial charge in [0.05, 0.1) is 19.1 Å². The summed E-state index contributed by atoms with van der Waals surface area (Å²) in [7, 11) is 1.92. The quantitative estimate of drug-likeness (QED) is 0.865. The smallest absolute Gasteiger partial charge is 0.310 e. The maximum Gasteiger partial charge on any atom is 0.310 e. The fourth-order valence-electron chi connectivity index (χ4n) is 2.54. The monoisotopic (exact) mass is 293 g/mol. The van der Waals surface area contributed by atoms with Crippen molar-refractivity contribution >= 4 is 5.97 Å². The number of hydrogen-bond donors (Lipinski definition) is 1. The van der Waals surface area contributed by atoms with Gasteiger partial charge in [0.15, 0.2) is 0 Å². The lowest BCUT2D eigenvalue weighted by Crippen LogP contribution is -2.42. The van der Waals surface area contributed by atoms with E-state index in [-0.39, 0.29) is 6.04 Å². The number of hydrogen-bond acceptors (Lipinski definition) is 4. The van der Waals surface area contributed by atoms with E-state index in [0.717, 1.165) is 11.3 Å². The lowest BCUT2D eigenvalue weighted by molar-refractivity contribution is -0.143. The number of carboxylic acid groups (broad SMARTS) is 1. The van der Waals surface area contributed by atoms with E-state index in [9.17, 15) is 4.79 Å². The Balaban J connectivity index is 1.85. The molecule has 0 aromatic heterocycles. The predicted molar refractivity (Wildman–Crippen MR) is 79.8 cm³/mol. The van der Waals surface area contributed by atoms with E-state index in [1.54, 1.807) is 0 Å². The third kappa shape index (κ3) is 3.95. The first-order chi connectivity index (χ1) is 9.99. The van der Waals surface area contributed by atoms with Crippen LogP contribution in [-0.4, -0.2) is 55.4 Å². The number of aliphatic carboxylic acids is 1. The molecule has 1 aromatic rings. The van der Waals surface area contributed by atoms with Crippen LogP contribution in [0.15, 0.2) is 18.2 Å². The van der Waals surface area contributed by atoms with Crippen LogP contribution in [0.4, 0.5) is 0 Å². The molecule has 1 saturated heterocycles. The minimum absolute atomic E-state index is 0.0790. The van der Waals surface area contributed by atoms with E-state index in [2.05, 4.69) is 6.07 Å². The standard InChI is InChI=1S/C16H23NO4/c1-11-4-5-12(2)15(8-11)21-7-6-17(3)14-10-20-9-13(14)16(18)19/h4-5,8,13-14H,6-7,9-10H2,1-3H3,(H,18,19). The number of carboxylic acids is 1. The highest BCUT2D eigenvalue weighted by atomic mass is 16.5. The summed E-state index contributed by atoms with van der Waals surface area (Å²) in [6.07, 6.45) is 0. The topological polar surface area (TPSA) is 59.0 Å². The number of likely N-dealkylation sites (N-methyl/N-ethyl adjacent to an activating group) is 1. The van der Waals surface area contributed by atoms with E-state index in [1.165, 1.54) is 5.56 Å². The Morgan fingerprint density at radius 3 is 2.90 bits per heavy atom. The molecule has 5 heteroatoms. The van der Waals surface area contributed by atoms with Gasteiger partial charge in [-0.1, -0.05) is 12.1 Å². The molecule has 0 radical (unpaired) electrons. The van der Waals surface area contributed by atoms with Crippen LogP contribution < -0.4 is 4.74 Å². The second kappa shape index (κ2) is 6.91. The van der Waals surface area contributed by atoms with Gasteiger partial charge in [0, 0.05) is 12.6 Å². The number of benzene rings is 1. The molecule has 1 fully saturated rings. The molecular formula is C16H23NO4. The van der Waals surface area contributed by atoms with Gasteiger partial charge in [-0.2, -0.15) is 0 Å². The Kier molecular flexibility index (Phi) is 5.20. The minimum Gasteiger partial charge on any atom is -0.492 e. The summed E-state index contributed by atoms with van der Waals surface area (Å²) in [4.78, 5) is 13.2. The zero-order valence-electron chi connectivity index (χ0n) is 12.8. The Morgan fingerprint density at radius 2 is 2.19 bits per heavy atom. The zero-order valence-corrected chi connectivity index (χ0v) is 12.8. The molecular weight excluding hydrogens is 270 g/mol. The molecule has 0 spiro atoms. The zero-order chi connectivity index (χ0) is 15.4. The Hall–Kier alpha value is -1.59. The fraction of sp³-hybridized carbons (Fsp3) is 0.562. The Morgan fingerprint density at radius 1 is 1.43 bits per heavy atom. The summed E-state index contributed by atoms with van der Waals surface area (Å²) in [6.45, 7) is 6.02. The highest BCUT2D eigenvalue weighted by Gasteiger charge is 2.36. The Labute approximate surface area is 125 Å². The highest BCUT2D eigenvalue weighted by Crippen LogP contribution is 2.21. The molecule has 2 atom stereocenters. The molecule has 1 aliphatic rings. The van der Waals surface area contributed by atoms with E-state index >= 15 is 0 Å². The minimum atomic E-state index is -0.792. The van der Waals surface area contributed by atoms with Crippen molar-refractivity contribution in [3.63, 3.8) is 0 Å². The van der Waals surface area contributed by atoms with Crippen molar-refractivity contribution < 1.29 is 19.4 Å². The fourth-order valence-corrected chi connectivity index (χ4v) is 2.54. The molecule has 2 rings (SSSR count). The van der Waals surface area contributed by atoms with Crippen molar-refractivity contribution in [2.24, 2.45) is 5.92 Å². The molecule has 5 nitrogen and oxygen atoms in total. The summed E-state index contributed by atoms with van der Waals surface area (Å²) < 4.78 is 11.1. The van der Waals surface area contributed by atoms with Gasteiger partial charge in [-0.05, 0) is 38.1 Å². The number of rotatable bonds is 6. The average Bonchev–Trinajstić information content (AvgIpc) is 2.92. The molecule has 0 aliphatic carbocycles. The van der Waals surface area contributed by atoms with Gasteiger partial charge >= 0.3 is 5.97 Å². The molecule has 2 unspecified atom stereocenters. The third-order valence-corrected chi connectivity index (χ3v) is 3.98. The first kappa shape index (κ1) is 15.8. The van der Waals surface area contributed by atoms with Crippen LogP contribution in [0.3, 0.4) is 0 Å². The first-order valence-corrected chi connectivity index (χ1v) is 7.20. The van der Waals surface area contributed by atoms with Crippen LogP contribution >= 0.6 is 0 Å². The van der Waals surface area contributed by atoms with Gasteiger partial charge in [-0.25, -0.2) is 0 Å². The van der Waals surface area contributed by atoms with Crippen molar-refractivity contribution in [1.82, 2.24) is 4.90 Å². The van der Waals surface area contributed by atoms with Gasteiger partial charge in [0.2, 0.25) is 0 Å². The summed E-state index contributed by atoms with van der Waals surface area (Å²) >= 11 is 0. The molecule has 0 amide bonds. The molecule has 1 aliphatic heterocycles. The van der Waals surface area contributed by atoms with E-state index in [1.807, 2.05) is 37.9 Å². The largest absolute Gasteiger partial charge is 0.492 e. The third-order valence-electron chi connectivity index (χ3n) is 3.98. The summed E-state index contributed by atoms with van der Waals surface area (Å²) in [5, 5.41) is 9.16. The molecule has 1 N–H and O–H groups in total. The van der Waals surface area contributed by atoms with Gasteiger partial charge < -0.3 is 14.6 Å². The van der Waals surface area contributed by atoms with Crippen molar-refractivity contribution in [3.8, 4) is 5.75 Å². The molecule has 0 saturated carbocycles. The van der Waals surface area contributed by atoms with Crippen molar-refractivity contribution in [2.45, 2.75) is 19.9 Å². The molecule has 1 heterocycles. The number of carbonyl (C=O) groups is 1. The van der Waals surface area contributed by atoms with Gasteiger partial charge in [0.1, 0.15) is 12.4 Å². The van der Waals surface area contributed by atoms with Crippen LogP contribution in [0.25, 0.3) is 0 Å². The van der Waals surface area contributed by atoms with Crippen LogP contribution in [0, 0.1) is 19.8 Å². The number of ether oxygens (including phenoxy) is 2. The Bertz CT molecular complexity index is 503. The van der Waals surface area contributed by atoms with Crippen molar-refractivity contribution in [3.05, 3.63) is 29.3 Å². The second-order valence-corrected chi connectivity index (χ2v) is 5.65. The maximum atomic E-state index is 11.2. The van der Waals surface area contributed by atoms with Crippen LogP contribution in [0.1, 0.15) is 11.1 Å². The maximum absolute atomic E-state index is 11.2. The lowest BCUT2D eigenvalue weighted by atomic mass is 10.0. The first-order valence-electron chi connectivity index (χ1n) is 7.20. The van der Waals surface area contributed by atoms with Gasteiger partial charge in [-0.15, -0.1) is 0 Å². The second-order valence-electron chi connectivity index (χ2n) is 5.65. The normalized spacial score (nSPS) is 21.7. The van der Waals surface area contributed by atoms with Crippen LogP contribution in [0.5, 0.6) is 5.75 Å². The number of nitrogens with zero attached hydrogens (tertiary/aromatic N) is 1. The van der Waals surface area contributed by atoms with Crippen LogP contribution in [-0.2, 0) is 9.53 Å². The molecule has 116 valence electrons. The summed E-state index contributed by atoms with van der Waals surface area (Å²) in [5.41, 5.74) is 2.27. The molecule has 21 heavy (non-hydrogen) atoms.